The zero-order valence-electron chi connectivity index (χ0n) is 6.52. The fourth-order valence-corrected chi connectivity index (χ4v) is 2.28. The first kappa shape index (κ1) is 6.62. The molecule has 0 aromatic heterocycles. The molecule has 2 nitrogen and oxygen atoms in total. The van der Waals surface area contributed by atoms with E-state index in [9.17, 15) is 0 Å². The SMILES string of the molecule is CO[C@]12CC[C@H](CCN1)C2. The van der Waals surface area contributed by atoms with Gasteiger partial charge in [-0.1, -0.05) is 0 Å². The van der Waals surface area contributed by atoms with Gasteiger partial charge in [-0.05, 0) is 38.1 Å². The molecule has 2 fully saturated rings. The van der Waals surface area contributed by atoms with Crippen molar-refractivity contribution in [2.45, 2.75) is 31.4 Å². The van der Waals surface area contributed by atoms with E-state index in [4.69, 9.17) is 4.74 Å². The maximum absolute atomic E-state index is 5.46. The lowest BCUT2D eigenvalue weighted by Crippen LogP contribution is -2.47. The van der Waals surface area contributed by atoms with Gasteiger partial charge in [-0.25, -0.2) is 0 Å². The molecule has 2 heteroatoms. The Morgan fingerprint density at radius 1 is 1.50 bits per heavy atom. The standard InChI is InChI=1S/C8H15NO/c1-10-8-4-2-7(6-8)3-5-9-8/h7,9H,2-6H2,1H3/t7-,8+/m1/s1. The van der Waals surface area contributed by atoms with Crippen molar-refractivity contribution in [2.24, 2.45) is 5.92 Å². The second-order valence-corrected chi connectivity index (χ2v) is 3.52. The molecule has 2 bridgehead atoms. The molecule has 0 unspecified atom stereocenters. The number of nitrogens with one attached hydrogen (secondary N) is 1. The van der Waals surface area contributed by atoms with Crippen molar-refractivity contribution < 1.29 is 4.74 Å². The van der Waals surface area contributed by atoms with Crippen LogP contribution in [0.4, 0.5) is 0 Å². The number of piperidine rings is 1. The Kier molecular flexibility index (Phi) is 1.46. The first-order chi connectivity index (χ1) is 4.85. The van der Waals surface area contributed by atoms with E-state index in [2.05, 4.69) is 5.32 Å². The molecule has 0 aromatic rings. The molecular weight excluding hydrogens is 126 g/mol. The minimum absolute atomic E-state index is 0.0862. The Morgan fingerprint density at radius 3 is 3.10 bits per heavy atom. The third-order valence-electron chi connectivity index (χ3n) is 2.97. The van der Waals surface area contributed by atoms with Crippen molar-refractivity contribution in [2.75, 3.05) is 13.7 Å². The van der Waals surface area contributed by atoms with Crippen LogP contribution < -0.4 is 5.32 Å². The van der Waals surface area contributed by atoms with Crippen LogP contribution in [0.15, 0.2) is 0 Å². The lowest BCUT2D eigenvalue weighted by molar-refractivity contribution is -0.0460. The normalized spacial score (nSPS) is 45.9. The van der Waals surface area contributed by atoms with Crippen LogP contribution in [0.2, 0.25) is 0 Å². The fraction of sp³-hybridized carbons (Fsp3) is 1.00. The minimum Gasteiger partial charge on any atom is -0.364 e. The summed E-state index contributed by atoms with van der Waals surface area (Å²) >= 11 is 0. The van der Waals surface area contributed by atoms with Crippen LogP contribution in [0.1, 0.15) is 25.7 Å². The predicted octanol–water partition coefficient (Wildman–Crippen LogP) is 1.12. The zero-order valence-corrected chi connectivity index (χ0v) is 6.52. The van der Waals surface area contributed by atoms with Crippen LogP contribution in [0, 0.1) is 5.92 Å². The fourth-order valence-electron chi connectivity index (χ4n) is 2.28. The number of rotatable bonds is 1. The molecule has 0 aromatic carbocycles. The Labute approximate surface area is 61.9 Å². The topological polar surface area (TPSA) is 21.3 Å². The number of ether oxygens (including phenoxy) is 1. The third kappa shape index (κ3) is 0.867. The average Bonchev–Trinajstić information content (AvgIpc) is 2.29. The van der Waals surface area contributed by atoms with Crippen LogP contribution >= 0.6 is 0 Å². The number of fused-ring (bicyclic) bond motifs is 2. The van der Waals surface area contributed by atoms with Gasteiger partial charge in [0, 0.05) is 7.11 Å². The summed E-state index contributed by atoms with van der Waals surface area (Å²) in [7, 11) is 1.82. The molecule has 2 rings (SSSR count). The quantitative estimate of drug-likeness (QED) is 0.591. The highest BCUT2D eigenvalue weighted by Crippen LogP contribution is 2.39. The molecule has 10 heavy (non-hydrogen) atoms. The number of hydrogen-bond acceptors (Lipinski definition) is 2. The van der Waals surface area contributed by atoms with Crippen LogP contribution in [0.25, 0.3) is 0 Å². The smallest absolute Gasteiger partial charge is 0.119 e. The molecule has 2 aliphatic rings. The van der Waals surface area contributed by atoms with Gasteiger partial charge in [-0.3, -0.25) is 5.32 Å². The third-order valence-corrected chi connectivity index (χ3v) is 2.97. The molecule has 1 saturated carbocycles. The zero-order chi connectivity index (χ0) is 7.03. The maximum atomic E-state index is 5.46. The maximum Gasteiger partial charge on any atom is 0.119 e. The number of methoxy groups -OCH3 is 1. The first-order valence-electron chi connectivity index (χ1n) is 4.15. The molecule has 58 valence electrons. The monoisotopic (exact) mass is 141 g/mol. The molecule has 1 aliphatic carbocycles. The van der Waals surface area contributed by atoms with Gasteiger partial charge in [0.2, 0.25) is 0 Å². The van der Waals surface area contributed by atoms with Gasteiger partial charge in [0.1, 0.15) is 5.72 Å². The van der Waals surface area contributed by atoms with Crippen LogP contribution in [-0.2, 0) is 4.74 Å². The van der Waals surface area contributed by atoms with Gasteiger partial charge >= 0.3 is 0 Å². The second kappa shape index (κ2) is 2.21. The summed E-state index contributed by atoms with van der Waals surface area (Å²) < 4.78 is 5.46. The van der Waals surface area contributed by atoms with E-state index in [-0.39, 0.29) is 5.72 Å². The van der Waals surface area contributed by atoms with Crippen molar-refractivity contribution in [1.82, 2.24) is 5.32 Å². The Morgan fingerprint density at radius 2 is 2.40 bits per heavy atom. The highest BCUT2D eigenvalue weighted by atomic mass is 16.5. The van der Waals surface area contributed by atoms with Crippen LogP contribution in [0.3, 0.4) is 0 Å². The summed E-state index contributed by atoms with van der Waals surface area (Å²) in [6.07, 6.45) is 5.17. The van der Waals surface area contributed by atoms with Gasteiger partial charge in [0.15, 0.2) is 0 Å². The second-order valence-electron chi connectivity index (χ2n) is 3.52. The Balaban J connectivity index is 2.10. The molecule has 0 radical (unpaired) electrons. The Hall–Kier alpha value is -0.0800. The highest BCUT2D eigenvalue weighted by Gasteiger charge is 2.41. The molecule has 1 N–H and O–H groups in total. The van der Waals surface area contributed by atoms with Crippen molar-refractivity contribution in [3.8, 4) is 0 Å². The van der Waals surface area contributed by atoms with Gasteiger partial charge in [-0.2, -0.15) is 0 Å². The van der Waals surface area contributed by atoms with E-state index < -0.39 is 0 Å². The lowest BCUT2D eigenvalue weighted by atomic mass is 9.99. The summed E-state index contributed by atoms with van der Waals surface area (Å²) in [4.78, 5) is 0. The summed E-state index contributed by atoms with van der Waals surface area (Å²) in [6.45, 7) is 1.15. The predicted molar refractivity (Wildman–Crippen MR) is 39.7 cm³/mol. The van der Waals surface area contributed by atoms with Crippen LogP contribution in [0.5, 0.6) is 0 Å². The van der Waals surface area contributed by atoms with Crippen LogP contribution in [-0.4, -0.2) is 19.4 Å². The van der Waals surface area contributed by atoms with Gasteiger partial charge in [-0.15, -0.1) is 0 Å². The largest absolute Gasteiger partial charge is 0.364 e. The van der Waals surface area contributed by atoms with E-state index >= 15 is 0 Å². The van der Waals surface area contributed by atoms with Crippen molar-refractivity contribution >= 4 is 0 Å². The molecule has 2 atom stereocenters. The molecule has 0 amide bonds. The first-order valence-corrected chi connectivity index (χ1v) is 4.15. The summed E-state index contributed by atoms with van der Waals surface area (Å²) in [5, 5.41) is 3.45. The molecule has 0 spiro atoms. The van der Waals surface area contributed by atoms with Gasteiger partial charge < -0.3 is 4.74 Å². The lowest BCUT2D eigenvalue weighted by Gasteiger charge is -2.32. The van der Waals surface area contributed by atoms with E-state index in [0.717, 1.165) is 12.5 Å². The van der Waals surface area contributed by atoms with Gasteiger partial charge in [0.05, 0.1) is 0 Å². The van der Waals surface area contributed by atoms with Gasteiger partial charge in [0.25, 0.3) is 0 Å². The minimum atomic E-state index is 0.0862. The van der Waals surface area contributed by atoms with E-state index in [1.54, 1.807) is 0 Å². The van der Waals surface area contributed by atoms with Crippen molar-refractivity contribution in [1.29, 1.82) is 0 Å². The molecular formula is C8H15NO. The van der Waals surface area contributed by atoms with E-state index in [1.807, 2.05) is 7.11 Å². The summed E-state index contributed by atoms with van der Waals surface area (Å²) in [5.74, 6) is 0.946. The molecule has 1 saturated heterocycles. The van der Waals surface area contributed by atoms with E-state index in [1.165, 1.54) is 25.7 Å². The number of hydrogen-bond donors (Lipinski definition) is 1. The van der Waals surface area contributed by atoms with Crippen molar-refractivity contribution in [3.05, 3.63) is 0 Å². The molecule has 1 heterocycles. The highest BCUT2D eigenvalue weighted by molar-refractivity contribution is 4.92. The summed E-state index contributed by atoms with van der Waals surface area (Å²) in [5.41, 5.74) is 0.0862. The summed E-state index contributed by atoms with van der Waals surface area (Å²) in [6, 6.07) is 0. The Bertz CT molecular complexity index is 133. The van der Waals surface area contributed by atoms with E-state index in [0.29, 0.717) is 0 Å². The van der Waals surface area contributed by atoms with Crippen molar-refractivity contribution in [3.63, 3.8) is 0 Å². The molecule has 1 aliphatic heterocycles. The average molecular weight is 141 g/mol.